The highest BCUT2D eigenvalue weighted by molar-refractivity contribution is 5.16. The molecule has 1 aliphatic rings. The van der Waals surface area contributed by atoms with Crippen LogP contribution in [0.2, 0.25) is 0 Å². The van der Waals surface area contributed by atoms with Crippen molar-refractivity contribution in [3.63, 3.8) is 0 Å². The van der Waals surface area contributed by atoms with Crippen molar-refractivity contribution in [2.45, 2.75) is 31.7 Å². The first-order valence-electron chi connectivity index (χ1n) is 3.99. The van der Waals surface area contributed by atoms with Gasteiger partial charge in [0.15, 0.2) is 5.76 Å². The van der Waals surface area contributed by atoms with E-state index in [1.165, 1.54) is 12.8 Å². The van der Waals surface area contributed by atoms with Gasteiger partial charge in [-0.2, -0.15) is 0 Å². The third kappa shape index (κ3) is 1.28. The molecule has 3 nitrogen and oxygen atoms in total. The zero-order valence-corrected chi connectivity index (χ0v) is 6.58. The van der Waals surface area contributed by atoms with E-state index in [4.69, 9.17) is 10.3 Å². The highest BCUT2D eigenvalue weighted by Gasteiger charge is 2.27. The normalized spacial score (nSPS) is 20.2. The topological polar surface area (TPSA) is 52.0 Å². The molecule has 3 heteroatoms. The molecule has 0 amide bonds. The summed E-state index contributed by atoms with van der Waals surface area (Å²) in [6, 6.07) is 1.94. The van der Waals surface area contributed by atoms with Crippen LogP contribution in [0.5, 0.6) is 0 Å². The second kappa shape index (κ2) is 2.34. The van der Waals surface area contributed by atoms with E-state index in [1.807, 2.05) is 13.0 Å². The van der Waals surface area contributed by atoms with Gasteiger partial charge in [-0.15, -0.1) is 0 Å². The number of hydrogen-bond donors (Lipinski definition) is 1. The average Bonchev–Trinajstić information content (AvgIpc) is 2.68. The molecule has 60 valence electrons. The molecule has 0 saturated heterocycles. The SMILES string of the molecule is C[C@H](N)c1cc(C2CC2)no1. The Morgan fingerprint density at radius 1 is 1.73 bits per heavy atom. The van der Waals surface area contributed by atoms with Gasteiger partial charge in [-0.3, -0.25) is 0 Å². The predicted octanol–water partition coefficient (Wildman–Crippen LogP) is 1.57. The van der Waals surface area contributed by atoms with Gasteiger partial charge in [0.25, 0.3) is 0 Å². The van der Waals surface area contributed by atoms with Gasteiger partial charge in [-0.1, -0.05) is 5.16 Å². The van der Waals surface area contributed by atoms with Crippen molar-refractivity contribution in [3.8, 4) is 0 Å². The van der Waals surface area contributed by atoms with Crippen LogP contribution in [0, 0.1) is 0 Å². The van der Waals surface area contributed by atoms with Crippen LogP contribution < -0.4 is 5.73 Å². The molecule has 0 aromatic carbocycles. The Kier molecular flexibility index (Phi) is 1.46. The molecule has 1 atom stereocenters. The van der Waals surface area contributed by atoms with Crippen LogP contribution in [0.1, 0.15) is 43.2 Å². The summed E-state index contributed by atoms with van der Waals surface area (Å²) in [5, 5.41) is 3.94. The minimum absolute atomic E-state index is 0.0324. The Hall–Kier alpha value is -0.830. The smallest absolute Gasteiger partial charge is 0.153 e. The molecule has 0 spiro atoms. The predicted molar refractivity (Wildman–Crippen MR) is 41.1 cm³/mol. The van der Waals surface area contributed by atoms with E-state index in [-0.39, 0.29) is 6.04 Å². The summed E-state index contributed by atoms with van der Waals surface area (Å²) in [6.07, 6.45) is 2.51. The van der Waals surface area contributed by atoms with Crippen molar-refractivity contribution >= 4 is 0 Å². The van der Waals surface area contributed by atoms with E-state index in [1.54, 1.807) is 0 Å². The second-order valence-electron chi connectivity index (χ2n) is 3.22. The molecule has 11 heavy (non-hydrogen) atoms. The lowest BCUT2D eigenvalue weighted by Crippen LogP contribution is -2.02. The van der Waals surface area contributed by atoms with Crippen LogP contribution in [-0.4, -0.2) is 5.16 Å². The van der Waals surface area contributed by atoms with Crippen LogP contribution in [0.15, 0.2) is 10.6 Å². The van der Waals surface area contributed by atoms with Crippen LogP contribution in [0.25, 0.3) is 0 Å². The van der Waals surface area contributed by atoms with E-state index in [2.05, 4.69) is 5.16 Å². The molecule has 0 bridgehead atoms. The summed E-state index contributed by atoms with van der Waals surface area (Å²) in [6.45, 7) is 1.90. The number of aromatic nitrogens is 1. The van der Waals surface area contributed by atoms with Crippen molar-refractivity contribution in [1.29, 1.82) is 0 Å². The number of nitrogens with zero attached hydrogens (tertiary/aromatic N) is 1. The monoisotopic (exact) mass is 152 g/mol. The van der Waals surface area contributed by atoms with Gasteiger partial charge in [-0.25, -0.2) is 0 Å². The summed E-state index contributed by atoms with van der Waals surface area (Å²) in [5.41, 5.74) is 6.69. The number of hydrogen-bond acceptors (Lipinski definition) is 3. The van der Waals surface area contributed by atoms with E-state index in [9.17, 15) is 0 Å². The zero-order chi connectivity index (χ0) is 7.84. The highest BCUT2D eigenvalue weighted by atomic mass is 16.5. The van der Waals surface area contributed by atoms with Gasteiger partial charge in [0.05, 0.1) is 11.7 Å². The number of nitrogens with two attached hydrogens (primary N) is 1. The largest absolute Gasteiger partial charge is 0.359 e. The lowest BCUT2D eigenvalue weighted by atomic mass is 10.2. The molecule has 1 aromatic heterocycles. The summed E-state index contributed by atoms with van der Waals surface area (Å²) < 4.78 is 5.05. The van der Waals surface area contributed by atoms with Crippen LogP contribution in [0.3, 0.4) is 0 Å². The van der Waals surface area contributed by atoms with Gasteiger partial charge in [0.2, 0.25) is 0 Å². The first-order chi connectivity index (χ1) is 5.27. The lowest BCUT2D eigenvalue weighted by molar-refractivity contribution is 0.362. The maximum Gasteiger partial charge on any atom is 0.153 e. The van der Waals surface area contributed by atoms with Gasteiger partial charge in [0.1, 0.15) is 0 Å². The summed E-state index contributed by atoms with van der Waals surface area (Å²) in [5.74, 6) is 1.46. The molecular formula is C8H12N2O. The highest BCUT2D eigenvalue weighted by Crippen LogP contribution is 2.39. The van der Waals surface area contributed by atoms with E-state index in [0.717, 1.165) is 11.5 Å². The maximum atomic E-state index is 5.61. The second-order valence-corrected chi connectivity index (χ2v) is 3.22. The van der Waals surface area contributed by atoms with Crippen LogP contribution >= 0.6 is 0 Å². The fourth-order valence-electron chi connectivity index (χ4n) is 1.09. The molecule has 2 N–H and O–H groups in total. The van der Waals surface area contributed by atoms with Gasteiger partial charge in [-0.05, 0) is 19.8 Å². The molecular weight excluding hydrogens is 140 g/mol. The Morgan fingerprint density at radius 2 is 2.45 bits per heavy atom. The molecule has 0 unspecified atom stereocenters. The Morgan fingerprint density at radius 3 is 2.91 bits per heavy atom. The minimum Gasteiger partial charge on any atom is -0.359 e. The fourth-order valence-corrected chi connectivity index (χ4v) is 1.09. The van der Waals surface area contributed by atoms with Gasteiger partial charge >= 0.3 is 0 Å². The third-order valence-corrected chi connectivity index (χ3v) is 1.99. The molecule has 0 radical (unpaired) electrons. The van der Waals surface area contributed by atoms with E-state index < -0.39 is 0 Å². The number of rotatable bonds is 2. The van der Waals surface area contributed by atoms with Crippen molar-refractivity contribution in [2.75, 3.05) is 0 Å². The quantitative estimate of drug-likeness (QED) is 0.699. The molecule has 0 aliphatic heterocycles. The fraction of sp³-hybridized carbons (Fsp3) is 0.625. The first-order valence-corrected chi connectivity index (χ1v) is 3.99. The minimum atomic E-state index is -0.0324. The molecule has 1 aliphatic carbocycles. The van der Waals surface area contributed by atoms with Crippen molar-refractivity contribution in [3.05, 3.63) is 17.5 Å². The first kappa shape index (κ1) is 6.85. The third-order valence-electron chi connectivity index (χ3n) is 1.99. The van der Waals surface area contributed by atoms with Gasteiger partial charge in [0, 0.05) is 12.0 Å². The van der Waals surface area contributed by atoms with Crippen molar-refractivity contribution in [2.24, 2.45) is 5.73 Å². The molecule has 1 saturated carbocycles. The summed E-state index contributed by atoms with van der Waals surface area (Å²) in [4.78, 5) is 0. The summed E-state index contributed by atoms with van der Waals surface area (Å²) in [7, 11) is 0. The van der Waals surface area contributed by atoms with Crippen molar-refractivity contribution < 1.29 is 4.52 Å². The standard InChI is InChI=1S/C8H12N2O/c1-5(9)8-4-7(10-11-8)6-2-3-6/h4-6H,2-3,9H2,1H3/t5-/m0/s1. The Balaban J connectivity index is 2.18. The molecule has 1 fully saturated rings. The van der Waals surface area contributed by atoms with E-state index >= 15 is 0 Å². The van der Waals surface area contributed by atoms with Gasteiger partial charge < -0.3 is 10.3 Å². The summed E-state index contributed by atoms with van der Waals surface area (Å²) >= 11 is 0. The van der Waals surface area contributed by atoms with Crippen molar-refractivity contribution in [1.82, 2.24) is 5.16 Å². The molecule has 1 heterocycles. The van der Waals surface area contributed by atoms with Crippen LogP contribution in [-0.2, 0) is 0 Å². The Labute approximate surface area is 65.6 Å². The Bertz CT molecular complexity index is 234. The van der Waals surface area contributed by atoms with E-state index in [0.29, 0.717) is 5.92 Å². The molecule has 2 rings (SSSR count). The maximum absolute atomic E-state index is 5.61. The average molecular weight is 152 g/mol. The van der Waals surface area contributed by atoms with Crippen LogP contribution in [0.4, 0.5) is 0 Å². The lowest BCUT2D eigenvalue weighted by Gasteiger charge is -1.94. The zero-order valence-electron chi connectivity index (χ0n) is 6.58. The molecule has 1 aromatic rings.